The van der Waals surface area contributed by atoms with Crippen LogP contribution in [0.4, 0.5) is 0 Å². The van der Waals surface area contributed by atoms with Gasteiger partial charge in [-0.05, 0) is 6.07 Å². The van der Waals surface area contributed by atoms with E-state index in [0.29, 0.717) is 4.73 Å². The summed E-state index contributed by atoms with van der Waals surface area (Å²) in [4.78, 5) is 10.5. The minimum Gasteiger partial charge on any atom is -0.425 e. The average Bonchev–Trinajstić information content (AvgIpc) is 1.95. The zero-order valence-corrected chi connectivity index (χ0v) is 4.98. The van der Waals surface area contributed by atoms with Gasteiger partial charge in [0.25, 0.3) is 5.56 Å². The molecule has 0 unspecified atom stereocenters. The molecule has 1 rings (SSSR count). The molecule has 0 aliphatic rings. The van der Waals surface area contributed by atoms with E-state index in [4.69, 9.17) is 10.5 Å². The molecule has 0 bridgehead atoms. The molecule has 0 amide bonds. The van der Waals surface area contributed by atoms with Crippen LogP contribution in [0.3, 0.4) is 0 Å². The molecule has 50 valence electrons. The fourth-order valence-electron chi connectivity index (χ4n) is 0.542. The van der Waals surface area contributed by atoms with Gasteiger partial charge in [-0.15, -0.1) is 0 Å². The van der Waals surface area contributed by atoms with Crippen LogP contribution in [0.2, 0.25) is 0 Å². The summed E-state index contributed by atoms with van der Waals surface area (Å²) in [7, 11) is 0. The molecule has 1 aromatic rings. The largest absolute Gasteiger partial charge is 0.425 e. The zero-order chi connectivity index (χ0) is 7.56. The molecule has 0 spiro atoms. The summed E-state index contributed by atoms with van der Waals surface area (Å²) in [5.41, 5.74) is -0.291. The molecular weight excluding hydrogens is 132 g/mol. The highest BCUT2D eigenvalue weighted by molar-refractivity contribution is 5.24. The van der Waals surface area contributed by atoms with Gasteiger partial charge >= 0.3 is 0 Å². The highest BCUT2D eigenvalue weighted by atomic mass is 16.5. The maximum atomic E-state index is 10.5. The lowest BCUT2D eigenvalue weighted by atomic mass is 10.3. The average molecular weight is 136 g/mol. The van der Waals surface area contributed by atoms with E-state index in [1.165, 1.54) is 6.07 Å². The summed E-state index contributed by atoms with van der Waals surface area (Å²) in [5, 5.41) is 17.0. The molecule has 0 fully saturated rings. The third-order valence-corrected chi connectivity index (χ3v) is 1.02. The van der Waals surface area contributed by atoms with Crippen LogP contribution >= 0.6 is 0 Å². The van der Waals surface area contributed by atoms with Crippen molar-refractivity contribution in [2.24, 2.45) is 0 Å². The van der Waals surface area contributed by atoms with E-state index in [9.17, 15) is 4.79 Å². The van der Waals surface area contributed by atoms with E-state index in [1.54, 1.807) is 6.07 Å². The quantitative estimate of drug-likeness (QED) is 0.509. The molecule has 0 aliphatic carbocycles. The van der Waals surface area contributed by atoms with Crippen LogP contribution in [0.25, 0.3) is 0 Å². The second-order valence-corrected chi connectivity index (χ2v) is 1.71. The van der Waals surface area contributed by atoms with Crippen molar-refractivity contribution in [1.82, 2.24) is 4.73 Å². The van der Waals surface area contributed by atoms with Gasteiger partial charge in [-0.25, -0.2) is 0 Å². The van der Waals surface area contributed by atoms with Gasteiger partial charge in [-0.3, -0.25) is 4.79 Å². The molecule has 0 aliphatic heterocycles. The fourth-order valence-corrected chi connectivity index (χ4v) is 0.542. The topological polar surface area (TPSA) is 66.0 Å². The first-order valence-electron chi connectivity index (χ1n) is 2.56. The van der Waals surface area contributed by atoms with Gasteiger partial charge in [0.2, 0.25) is 0 Å². The minimum atomic E-state index is -0.543. The lowest BCUT2D eigenvalue weighted by molar-refractivity contribution is 0.174. The molecule has 0 aromatic carbocycles. The molecule has 4 heteroatoms. The standard InChI is InChI=1S/C6H4N2O2/c7-3-5-1-2-6(9)8(10)4-5/h1-2,4,10H. The van der Waals surface area contributed by atoms with Crippen molar-refractivity contribution in [2.45, 2.75) is 0 Å². The summed E-state index contributed by atoms with van der Waals surface area (Å²) in [6.07, 6.45) is 1.06. The van der Waals surface area contributed by atoms with E-state index in [-0.39, 0.29) is 5.56 Å². The second kappa shape index (κ2) is 2.23. The van der Waals surface area contributed by atoms with Gasteiger partial charge in [-0.1, -0.05) is 0 Å². The number of hydrogen-bond donors (Lipinski definition) is 1. The summed E-state index contributed by atoms with van der Waals surface area (Å²) in [6.45, 7) is 0. The smallest absolute Gasteiger partial charge is 0.282 e. The Bertz CT molecular complexity index is 334. The van der Waals surface area contributed by atoms with Gasteiger partial charge in [0, 0.05) is 6.07 Å². The Labute approximate surface area is 56.5 Å². The number of aromatic nitrogens is 1. The summed E-state index contributed by atoms with van der Waals surface area (Å²) < 4.78 is 0.374. The molecule has 1 N–H and O–H groups in total. The van der Waals surface area contributed by atoms with Crippen LogP contribution in [-0.2, 0) is 0 Å². The number of nitriles is 1. The van der Waals surface area contributed by atoms with Crippen molar-refractivity contribution in [1.29, 1.82) is 5.26 Å². The first-order chi connectivity index (χ1) is 4.74. The maximum absolute atomic E-state index is 10.5. The Hall–Kier alpha value is -1.76. The van der Waals surface area contributed by atoms with Crippen molar-refractivity contribution in [3.05, 3.63) is 34.2 Å². The van der Waals surface area contributed by atoms with Crippen LogP contribution in [0.1, 0.15) is 5.56 Å². The maximum Gasteiger partial charge on any atom is 0.282 e. The van der Waals surface area contributed by atoms with Gasteiger partial charge in [0.05, 0.1) is 11.8 Å². The third kappa shape index (κ3) is 0.977. The third-order valence-electron chi connectivity index (χ3n) is 1.02. The first kappa shape index (κ1) is 6.36. The molecule has 10 heavy (non-hydrogen) atoms. The number of pyridine rings is 1. The van der Waals surface area contributed by atoms with Crippen molar-refractivity contribution in [3.8, 4) is 6.07 Å². The van der Waals surface area contributed by atoms with Crippen molar-refractivity contribution in [2.75, 3.05) is 0 Å². The van der Waals surface area contributed by atoms with Gasteiger partial charge in [-0.2, -0.15) is 9.99 Å². The summed E-state index contributed by atoms with van der Waals surface area (Å²) in [5.74, 6) is 0. The van der Waals surface area contributed by atoms with Gasteiger partial charge in [0.1, 0.15) is 6.07 Å². The Balaban J connectivity index is 3.34. The molecule has 1 aromatic heterocycles. The van der Waals surface area contributed by atoms with E-state index >= 15 is 0 Å². The normalized spacial score (nSPS) is 8.70. The Morgan fingerprint density at radius 1 is 1.60 bits per heavy atom. The van der Waals surface area contributed by atoms with Crippen molar-refractivity contribution >= 4 is 0 Å². The van der Waals surface area contributed by atoms with Crippen molar-refractivity contribution < 1.29 is 5.21 Å². The molecule has 1 heterocycles. The molecule has 0 radical (unpaired) electrons. The van der Waals surface area contributed by atoms with Crippen LogP contribution in [0, 0.1) is 11.3 Å². The molecular formula is C6H4N2O2. The number of hydrogen-bond acceptors (Lipinski definition) is 3. The molecule has 0 saturated carbocycles. The SMILES string of the molecule is N#Cc1ccc(=O)n(O)c1. The molecule has 4 nitrogen and oxygen atoms in total. The zero-order valence-electron chi connectivity index (χ0n) is 4.98. The van der Waals surface area contributed by atoms with Crippen LogP contribution < -0.4 is 5.56 Å². The lowest BCUT2D eigenvalue weighted by Crippen LogP contribution is -2.15. The van der Waals surface area contributed by atoms with E-state index in [0.717, 1.165) is 12.3 Å². The first-order valence-corrected chi connectivity index (χ1v) is 2.56. The summed E-state index contributed by atoms with van der Waals surface area (Å²) in [6, 6.07) is 4.24. The van der Waals surface area contributed by atoms with Crippen LogP contribution in [-0.4, -0.2) is 9.94 Å². The highest BCUT2D eigenvalue weighted by Crippen LogP contribution is 1.88. The minimum absolute atomic E-state index is 0.252. The molecule has 0 atom stereocenters. The Kier molecular flexibility index (Phi) is 1.42. The predicted octanol–water partition coefficient (Wildman–Crippen LogP) is -0.0427. The van der Waals surface area contributed by atoms with Gasteiger partial charge in [0.15, 0.2) is 0 Å². The Morgan fingerprint density at radius 3 is 2.80 bits per heavy atom. The summed E-state index contributed by atoms with van der Waals surface area (Å²) >= 11 is 0. The van der Waals surface area contributed by atoms with Crippen molar-refractivity contribution in [3.63, 3.8) is 0 Å². The molecule has 0 saturated heterocycles. The second-order valence-electron chi connectivity index (χ2n) is 1.71. The lowest BCUT2D eigenvalue weighted by Gasteiger charge is -1.91. The number of rotatable bonds is 0. The highest BCUT2D eigenvalue weighted by Gasteiger charge is 1.92. The van der Waals surface area contributed by atoms with Gasteiger partial charge < -0.3 is 5.21 Å². The van der Waals surface area contributed by atoms with Crippen LogP contribution in [0.15, 0.2) is 23.1 Å². The predicted molar refractivity (Wildman–Crippen MR) is 32.6 cm³/mol. The Morgan fingerprint density at radius 2 is 2.30 bits per heavy atom. The van der Waals surface area contributed by atoms with E-state index in [2.05, 4.69) is 0 Å². The monoisotopic (exact) mass is 136 g/mol. The fraction of sp³-hybridized carbons (Fsp3) is 0. The van der Waals surface area contributed by atoms with E-state index < -0.39 is 5.56 Å². The number of nitrogens with zero attached hydrogens (tertiary/aromatic N) is 2. The van der Waals surface area contributed by atoms with E-state index in [1.807, 2.05) is 0 Å². The van der Waals surface area contributed by atoms with Crippen LogP contribution in [0.5, 0.6) is 0 Å².